The van der Waals surface area contributed by atoms with Crippen LogP contribution in [0.1, 0.15) is 6.92 Å². The van der Waals surface area contributed by atoms with Crippen LogP contribution in [-0.4, -0.2) is 42.0 Å². The van der Waals surface area contributed by atoms with Crippen LogP contribution in [0.3, 0.4) is 0 Å². The molecule has 1 aromatic carbocycles. The van der Waals surface area contributed by atoms with E-state index in [1.54, 1.807) is 0 Å². The Morgan fingerprint density at radius 1 is 1.25 bits per heavy atom. The van der Waals surface area contributed by atoms with Crippen molar-refractivity contribution in [2.45, 2.75) is 11.8 Å². The number of sulfone groups is 1. The summed E-state index contributed by atoms with van der Waals surface area (Å²) in [5, 5.41) is 0.163. The van der Waals surface area contributed by atoms with Crippen LogP contribution < -0.4 is 9.46 Å². The van der Waals surface area contributed by atoms with Gasteiger partial charge in [0.25, 0.3) is 0 Å². The van der Waals surface area contributed by atoms with Gasteiger partial charge in [0.05, 0.1) is 22.8 Å². The van der Waals surface area contributed by atoms with Crippen molar-refractivity contribution < 1.29 is 21.6 Å². The Bertz CT molecular complexity index is 670. The molecular weight excluding hydrogens is 326 g/mol. The van der Waals surface area contributed by atoms with Gasteiger partial charge in [0.15, 0.2) is 9.84 Å². The third-order valence-electron chi connectivity index (χ3n) is 2.58. The fraction of sp³-hybridized carbons (Fsp3) is 0.455. The quantitative estimate of drug-likeness (QED) is 0.801. The Morgan fingerprint density at radius 2 is 1.90 bits per heavy atom. The summed E-state index contributed by atoms with van der Waals surface area (Å²) in [7, 11) is -5.59. The van der Waals surface area contributed by atoms with E-state index >= 15 is 0 Å². The number of sulfonamides is 1. The number of hydrogen-bond donors (Lipinski definition) is 1. The van der Waals surface area contributed by atoms with Gasteiger partial charge in [0.1, 0.15) is 5.75 Å². The molecule has 0 bridgehead atoms. The maximum Gasteiger partial charge on any atom is 0.240 e. The van der Waals surface area contributed by atoms with Crippen LogP contribution in [0.4, 0.5) is 0 Å². The molecule has 6 nitrogen and oxygen atoms in total. The van der Waals surface area contributed by atoms with Gasteiger partial charge in [-0.15, -0.1) is 0 Å². The number of rotatable bonds is 7. The summed E-state index contributed by atoms with van der Waals surface area (Å²) in [5.41, 5.74) is 0. The maximum atomic E-state index is 12.0. The number of ether oxygens (including phenoxy) is 1. The van der Waals surface area contributed by atoms with Crippen LogP contribution in [0, 0.1) is 0 Å². The molecule has 1 aromatic rings. The molecule has 0 aliphatic carbocycles. The van der Waals surface area contributed by atoms with Gasteiger partial charge in [-0.1, -0.05) is 18.5 Å². The molecular formula is C11H16ClNO5S2. The summed E-state index contributed by atoms with van der Waals surface area (Å²) in [5.74, 6) is 0.0922. The minimum atomic E-state index is -3.79. The number of nitrogens with one attached hydrogen (secondary N) is 1. The third kappa shape index (κ3) is 4.62. The van der Waals surface area contributed by atoms with E-state index in [0.29, 0.717) is 5.75 Å². The van der Waals surface area contributed by atoms with Crippen molar-refractivity contribution in [2.75, 3.05) is 25.2 Å². The summed E-state index contributed by atoms with van der Waals surface area (Å²) in [6, 6.07) is 4.01. The lowest BCUT2D eigenvalue weighted by Gasteiger charge is -2.08. The van der Waals surface area contributed by atoms with Gasteiger partial charge in [-0.3, -0.25) is 0 Å². The second-order valence-corrected chi connectivity index (χ2v) is 8.58. The van der Waals surface area contributed by atoms with E-state index in [1.165, 1.54) is 32.2 Å². The van der Waals surface area contributed by atoms with E-state index in [-0.39, 0.29) is 28.0 Å². The number of hydrogen-bond acceptors (Lipinski definition) is 5. The molecule has 9 heteroatoms. The summed E-state index contributed by atoms with van der Waals surface area (Å²) >= 11 is 5.85. The Kier molecular flexibility index (Phi) is 5.81. The molecule has 0 saturated heterocycles. The lowest BCUT2D eigenvalue weighted by Crippen LogP contribution is -2.29. The van der Waals surface area contributed by atoms with Crippen molar-refractivity contribution in [3.8, 4) is 5.75 Å². The molecule has 0 unspecified atom stereocenters. The molecule has 114 valence electrons. The van der Waals surface area contributed by atoms with Crippen LogP contribution in [-0.2, 0) is 19.9 Å². The molecule has 0 amide bonds. The molecule has 1 N–H and O–H groups in total. The second-order valence-electron chi connectivity index (χ2n) is 3.93. The number of halogens is 1. The van der Waals surface area contributed by atoms with Crippen LogP contribution in [0.25, 0.3) is 0 Å². The Balaban J connectivity index is 2.82. The first-order valence-electron chi connectivity index (χ1n) is 5.75. The fourth-order valence-corrected chi connectivity index (χ4v) is 3.58. The molecule has 0 saturated carbocycles. The fourth-order valence-electron chi connectivity index (χ4n) is 1.37. The molecule has 0 aliphatic heterocycles. The molecule has 1 rings (SSSR count). The molecule has 0 atom stereocenters. The first-order valence-corrected chi connectivity index (χ1v) is 9.43. The predicted molar refractivity (Wildman–Crippen MR) is 77.5 cm³/mol. The molecule has 0 radical (unpaired) electrons. The highest BCUT2D eigenvalue weighted by Crippen LogP contribution is 2.26. The Hall–Kier alpha value is -0.830. The minimum Gasteiger partial charge on any atom is -0.495 e. The highest BCUT2D eigenvalue weighted by Gasteiger charge is 2.17. The molecule has 0 spiro atoms. The standard InChI is InChI=1S/C11H16ClNO5S2/c1-3-19(14,15)7-6-13-20(16,17)9-4-5-11(18-2)10(12)8-9/h4-5,8,13H,3,6-7H2,1-2H3. The first-order chi connectivity index (χ1) is 9.22. The minimum absolute atomic E-state index is 0.0247. The summed E-state index contributed by atoms with van der Waals surface area (Å²) in [4.78, 5) is -0.0443. The first kappa shape index (κ1) is 17.2. The predicted octanol–water partition coefficient (Wildman–Crippen LogP) is 1.06. The van der Waals surface area contributed by atoms with Gasteiger partial charge in [-0.2, -0.15) is 0 Å². The molecule has 0 fully saturated rings. The lowest BCUT2D eigenvalue weighted by atomic mass is 10.3. The SMILES string of the molecule is CCS(=O)(=O)CCNS(=O)(=O)c1ccc(OC)c(Cl)c1. The van der Waals surface area contributed by atoms with E-state index in [2.05, 4.69) is 4.72 Å². The van der Waals surface area contributed by atoms with E-state index in [0.717, 1.165) is 0 Å². The zero-order valence-corrected chi connectivity index (χ0v) is 13.5. The van der Waals surface area contributed by atoms with Gasteiger partial charge in [-0.25, -0.2) is 21.6 Å². The summed E-state index contributed by atoms with van der Waals surface area (Å²) < 4.78 is 53.6. The average Bonchev–Trinajstić information content (AvgIpc) is 2.38. The van der Waals surface area contributed by atoms with E-state index < -0.39 is 19.9 Å². The number of methoxy groups -OCH3 is 1. The maximum absolute atomic E-state index is 12.0. The van der Waals surface area contributed by atoms with Crippen molar-refractivity contribution in [1.82, 2.24) is 4.72 Å². The molecule has 0 aliphatic rings. The van der Waals surface area contributed by atoms with E-state index in [9.17, 15) is 16.8 Å². The zero-order valence-electron chi connectivity index (χ0n) is 11.1. The number of benzene rings is 1. The monoisotopic (exact) mass is 341 g/mol. The average molecular weight is 342 g/mol. The van der Waals surface area contributed by atoms with Gasteiger partial charge in [-0.05, 0) is 18.2 Å². The van der Waals surface area contributed by atoms with Crippen LogP contribution in [0.15, 0.2) is 23.1 Å². The van der Waals surface area contributed by atoms with Gasteiger partial charge in [0, 0.05) is 12.3 Å². The van der Waals surface area contributed by atoms with Crippen LogP contribution in [0.2, 0.25) is 5.02 Å². The normalized spacial score (nSPS) is 12.3. The zero-order chi connectivity index (χ0) is 15.4. The molecule has 0 heterocycles. The van der Waals surface area contributed by atoms with Gasteiger partial charge >= 0.3 is 0 Å². The van der Waals surface area contributed by atoms with Crippen molar-refractivity contribution in [2.24, 2.45) is 0 Å². The Morgan fingerprint density at radius 3 is 2.40 bits per heavy atom. The lowest BCUT2D eigenvalue weighted by molar-refractivity contribution is 0.414. The molecule has 0 aromatic heterocycles. The topological polar surface area (TPSA) is 89.5 Å². The van der Waals surface area contributed by atoms with Crippen molar-refractivity contribution in [1.29, 1.82) is 0 Å². The third-order valence-corrected chi connectivity index (χ3v) is 6.04. The highest BCUT2D eigenvalue weighted by molar-refractivity contribution is 7.91. The van der Waals surface area contributed by atoms with Crippen LogP contribution in [0.5, 0.6) is 5.75 Å². The largest absolute Gasteiger partial charge is 0.495 e. The van der Waals surface area contributed by atoms with Crippen molar-refractivity contribution >= 4 is 31.5 Å². The molecule has 20 heavy (non-hydrogen) atoms. The van der Waals surface area contributed by atoms with Crippen LogP contribution >= 0.6 is 11.6 Å². The van der Waals surface area contributed by atoms with Crippen molar-refractivity contribution in [3.05, 3.63) is 23.2 Å². The summed E-state index contributed by atoms with van der Waals surface area (Å²) in [6.45, 7) is 1.33. The van der Waals surface area contributed by atoms with Crippen molar-refractivity contribution in [3.63, 3.8) is 0 Å². The second kappa shape index (κ2) is 6.75. The van der Waals surface area contributed by atoms with Gasteiger partial charge in [0.2, 0.25) is 10.0 Å². The highest BCUT2D eigenvalue weighted by atomic mass is 35.5. The van der Waals surface area contributed by atoms with E-state index in [1.807, 2.05) is 0 Å². The Labute approximate surface area is 124 Å². The van der Waals surface area contributed by atoms with Gasteiger partial charge < -0.3 is 4.74 Å². The summed E-state index contributed by atoms with van der Waals surface area (Å²) in [6.07, 6.45) is 0. The van der Waals surface area contributed by atoms with E-state index in [4.69, 9.17) is 16.3 Å². The smallest absolute Gasteiger partial charge is 0.240 e.